The van der Waals surface area contributed by atoms with Crippen LogP contribution in [-0.4, -0.2) is 47.2 Å². The second-order valence-electron chi connectivity index (χ2n) is 4.66. The van der Waals surface area contributed by atoms with Gasteiger partial charge in [0, 0.05) is 12.6 Å². The van der Waals surface area contributed by atoms with Gasteiger partial charge in [-0.3, -0.25) is 4.79 Å². The fourth-order valence-corrected chi connectivity index (χ4v) is 2.30. The first-order chi connectivity index (χ1) is 8.59. The molecular formula is C13H18N2O3. The molecule has 0 aromatic heterocycles. The number of carbonyl (C=O) groups is 1. The molecule has 98 valence electrons. The Morgan fingerprint density at radius 2 is 2.11 bits per heavy atom. The topological polar surface area (TPSA) is 72.8 Å². The molecule has 0 radical (unpaired) electrons. The maximum Gasteiger partial charge on any atom is 0.258 e. The number of amides is 1. The van der Waals surface area contributed by atoms with Gasteiger partial charge in [0.05, 0.1) is 0 Å². The van der Waals surface area contributed by atoms with Gasteiger partial charge in [-0.05, 0) is 38.6 Å². The Kier molecular flexibility index (Phi) is 3.72. The molecule has 0 aliphatic carbocycles. The van der Waals surface area contributed by atoms with Crippen molar-refractivity contribution in [3.63, 3.8) is 0 Å². The largest absolute Gasteiger partial charge is 0.507 e. The van der Waals surface area contributed by atoms with Crippen LogP contribution in [0.4, 0.5) is 0 Å². The number of phenols is 2. The van der Waals surface area contributed by atoms with Gasteiger partial charge in [-0.25, -0.2) is 0 Å². The van der Waals surface area contributed by atoms with E-state index in [0.717, 1.165) is 19.4 Å². The molecule has 3 N–H and O–H groups in total. The Hall–Kier alpha value is -1.75. The fourth-order valence-electron chi connectivity index (χ4n) is 2.30. The number of phenolic OH excluding ortho intramolecular Hbond substituents is 2. The van der Waals surface area contributed by atoms with Gasteiger partial charge < -0.3 is 20.4 Å². The van der Waals surface area contributed by atoms with Crippen LogP contribution in [0, 0.1) is 0 Å². The molecule has 1 aromatic rings. The Morgan fingerprint density at radius 1 is 1.44 bits per heavy atom. The number of carbonyl (C=O) groups excluding carboxylic acids is 1. The minimum absolute atomic E-state index is 0.0573. The number of benzene rings is 1. The summed E-state index contributed by atoms with van der Waals surface area (Å²) in [5.41, 5.74) is -0.0573. The molecule has 18 heavy (non-hydrogen) atoms. The van der Waals surface area contributed by atoms with E-state index in [0.29, 0.717) is 12.6 Å². The zero-order chi connectivity index (χ0) is 13.1. The Labute approximate surface area is 106 Å². The molecule has 0 spiro atoms. The molecule has 0 bridgehead atoms. The van der Waals surface area contributed by atoms with Gasteiger partial charge >= 0.3 is 0 Å². The van der Waals surface area contributed by atoms with Gasteiger partial charge in [0.25, 0.3) is 5.91 Å². The van der Waals surface area contributed by atoms with E-state index >= 15 is 0 Å². The SMILES string of the molecule is CN1CCCC1CNC(=O)c1c(O)cccc1O. The van der Waals surface area contributed by atoms with Crippen LogP contribution in [0.3, 0.4) is 0 Å². The summed E-state index contributed by atoms with van der Waals surface area (Å²) in [7, 11) is 2.03. The Bertz CT molecular complexity index is 428. The third kappa shape index (κ3) is 2.56. The van der Waals surface area contributed by atoms with Crippen molar-refractivity contribution < 1.29 is 15.0 Å². The smallest absolute Gasteiger partial charge is 0.258 e. The van der Waals surface area contributed by atoms with E-state index in [1.165, 1.54) is 18.2 Å². The first-order valence-electron chi connectivity index (χ1n) is 6.09. The van der Waals surface area contributed by atoms with E-state index in [-0.39, 0.29) is 17.1 Å². The van der Waals surface area contributed by atoms with Crippen molar-refractivity contribution in [2.45, 2.75) is 18.9 Å². The second-order valence-corrected chi connectivity index (χ2v) is 4.66. The van der Waals surface area contributed by atoms with Crippen molar-refractivity contribution in [1.82, 2.24) is 10.2 Å². The standard InChI is InChI=1S/C13H18N2O3/c1-15-7-3-4-9(15)8-14-13(18)12-10(16)5-2-6-11(12)17/h2,5-6,9,16-17H,3-4,7-8H2,1H3,(H,14,18). The maximum atomic E-state index is 11.9. The first kappa shape index (κ1) is 12.7. The highest BCUT2D eigenvalue weighted by atomic mass is 16.3. The molecule has 5 heteroatoms. The molecule has 1 aromatic carbocycles. The second kappa shape index (κ2) is 5.27. The summed E-state index contributed by atoms with van der Waals surface area (Å²) in [6, 6.07) is 4.60. The average Bonchev–Trinajstić information content (AvgIpc) is 2.72. The number of nitrogens with zero attached hydrogens (tertiary/aromatic N) is 1. The molecule has 1 aliphatic heterocycles. The molecule has 5 nitrogen and oxygen atoms in total. The number of nitrogens with one attached hydrogen (secondary N) is 1. The number of likely N-dealkylation sites (tertiary alicyclic amines) is 1. The van der Waals surface area contributed by atoms with Crippen LogP contribution in [0.25, 0.3) is 0 Å². The minimum atomic E-state index is -0.439. The summed E-state index contributed by atoms with van der Waals surface area (Å²) in [4.78, 5) is 14.1. The first-order valence-corrected chi connectivity index (χ1v) is 6.09. The summed E-state index contributed by atoms with van der Waals surface area (Å²) in [5, 5.41) is 21.9. The highest BCUT2D eigenvalue weighted by Crippen LogP contribution is 2.26. The number of hydrogen-bond acceptors (Lipinski definition) is 4. The van der Waals surface area contributed by atoms with Crippen molar-refractivity contribution in [2.75, 3.05) is 20.1 Å². The van der Waals surface area contributed by atoms with Crippen LogP contribution in [0.1, 0.15) is 23.2 Å². The monoisotopic (exact) mass is 250 g/mol. The zero-order valence-corrected chi connectivity index (χ0v) is 10.4. The summed E-state index contributed by atoms with van der Waals surface area (Å²) in [5.74, 6) is -0.842. The van der Waals surface area contributed by atoms with Gasteiger partial charge in [0.2, 0.25) is 0 Å². The quantitative estimate of drug-likeness (QED) is 0.746. The molecule has 1 heterocycles. The lowest BCUT2D eigenvalue weighted by molar-refractivity contribution is 0.0938. The third-order valence-electron chi connectivity index (χ3n) is 3.42. The fraction of sp³-hybridized carbons (Fsp3) is 0.462. The average molecular weight is 250 g/mol. The van der Waals surface area contributed by atoms with Crippen LogP contribution in [0.5, 0.6) is 11.5 Å². The third-order valence-corrected chi connectivity index (χ3v) is 3.42. The summed E-state index contributed by atoms with van der Waals surface area (Å²) in [6.45, 7) is 1.57. The minimum Gasteiger partial charge on any atom is -0.507 e. The van der Waals surface area contributed by atoms with Crippen molar-refractivity contribution in [1.29, 1.82) is 0 Å². The molecule has 2 rings (SSSR count). The zero-order valence-electron chi connectivity index (χ0n) is 10.4. The normalized spacial score (nSPS) is 19.9. The summed E-state index contributed by atoms with van der Waals surface area (Å²) < 4.78 is 0. The predicted molar refractivity (Wildman–Crippen MR) is 67.8 cm³/mol. The van der Waals surface area contributed by atoms with E-state index in [1.54, 1.807) is 0 Å². The van der Waals surface area contributed by atoms with E-state index in [9.17, 15) is 15.0 Å². The van der Waals surface area contributed by atoms with Gasteiger partial charge in [-0.1, -0.05) is 6.07 Å². The Morgan fingerprint density at radius 3 is 2.67 bits per heavy atom. The van der Waals surface area contributed by atoms with Crippen LogP contribution in [-0.2, 0) is 0 Å². The molecule has 1 aliphatic rings. The van der Waals surface area contributed by atoms with Crippen molar-refractivity contribution >= 4 is 5.91 Å². The molecule has 1 saturated heterocycles. The van der Waals surface area contributed by atoms with Gasteiger partial charge in [-0.15, -0.1) is 0 Å². The van der Waals surface area contributed by atoms with Crippen molar-refractivity contribution in [3.8, 4) is 11.5 Å². The molecule has 1 fully saturated rings. The molecule has 1 amide bonds. The summed E-state index contributed by atoms with van der Waals surface area (Å²) >= 11 is 0. The molecule has 1 unspecified atom stereocenters. The van der Waals surface area contributed by atoms with Gasteiger partial charge in [0.1, 0.15) is 17.1 Å². The number of likely N-dealkylation sites (N-methyl/N-ethyl adjacent to an activating group) is 1. The highest BCUT2D eigenvalue weighted by Gasteiger charge is 2.22. The van der Waals surface area contributed by atoms with Crippen LogP contribution in [0.15, 0.2) is 18.2 Å². The maximum absolute atomic E-state index is 11.9. The van der Waals surface area contributed by atoms with Gasteiger partial charge in [0.15, 0.2) is 0 Å². The highest BCUT2D eigenvalue weighted by molar-refractivity contribution is 5.99. The van der Waals surface area contributed by atoms with Crippen molar-refractivity contribution in [3.05, 3.63) is 23.8 Å². The van der Waals surface area contributed by atoms with Crippen LogP contribution >= 0.6 is 0 Å². The van der Waals surface area contributed by atoms with E-state index in [2.05, 4.69) is 10.2 Å². The predicted octanol–water partition coefficient (Wildman–Crippen LogP) is 0.922. The van der Waals surface area contributed by atoms with E-state index < -0.39 is 5.91 Å². The molecule has 1 atom stereocenters. The number of aromatic hydroxyl groups is 2. The Balaban J connectivity index is 1.99. The lowest BCUT2D eigenvalue weighted by Crippen LogP contribution is -2.38. The van der Waals surface area contributed by atoms with E-state index in [4.69, 9.17) is 0 Å². The number of hydrogen-bond donors (Lipinski definition) is 3. The number of rotatable bonds is 3. The molecule has 0 saturated carbocycles. The van der Waals surface area contributed by atoms with Gasteiger partial charge in [-0.2, -0.15) is 0 Å². The molecular weight excluding hydrogens is 232 g/mol. The lowest BCUT2D eigenvalue weighted by Gasteiger charge is -2.19. The summed E-state index contributed by atoms with van der Waals surface area (Å²) in [6.07, 6.45) is 2.20. The van der Waals surface area contributed by atoms with Crippen LogP contribution in [0.2, 0.25) is 0 Å². The lowest BCUT2D eigenvalue weighted by atomic mass is 10.1. The van der Waals surface area contributed by atoms with Crippen molar-refractivity contribution in [2.24, 2.45) is 0 Å². The van der Waals surface area contributed by atoms with E-state index in [1.807, 2.05) is 7.05 Å². The van der Waals surface area contributed by atoms with Crippen LogP contribution < -0.4 is 5.32 Å².